The first-order chi connectivity index (χ1) is 11.7. The maximum atomic E-state index is 13.3. The van der Waals surface area contributed by atoms with Gasteiger partial charge in [0.2, 0.25) is 11.9 Å². The topological polar surface area (TPSA) is 71.3 Å². The van der Waals surface area contributed by atoms with Crippen LogP contribution in [0.4, 0.5) is 10.3 Å². The third kappa shape index (κ3) is 2.43. The van der Waals surface area contributed by atoms with Crippen LogP contribution >= 0.6 is 0 Å². The van der Waals surface area contributed by atoms with E-state index >= 15 is 0 Å². The minimum Gasteiger partial charge on any atom is -0.315 e. The van der Waals surface area contributed by atoms with Gasteiger partial charge in [0.1, 0.15) is 5.82 Å². The highest BCUT2D eigenvalue weighted by molar-refractivity contribution is 5.98. The first kappa shape index (κ1) is 14.8. The summed E-state index contributed by atoms with van der Waals surface area (Å²) in [5.74, 6) is -0.395. The number of carbonyl (C=O) groups is 1. The normalized spacial score (nSPS) is 20.4. The molecule has 1 unspecified atom stereocenters. The SMILES string of the molecule is O=C(Nc1nc2ccc(F)cn2n1)C1(c2ccccc2)CCNC1. The maximum Gasteiger partial charge on any atom is 0.249 e. The molecule has 122 valence electrons. The van der Waals surface area contributed by atoms with E-state index in [4.69, 9.17) is 0 Å². The molecule has 1 amide bonds. The van der Waals surface area contributed by atoms with Gasteiger partial charge in [0.05, 0.1) is 11.6 Å². The summed E-state index contributed by atoms with van der Waals surface area (Å²) in [5, 5.41) is 10.2. The van der Waals surface area contributed by atoms with Gasteiger partial charge >= 0.3 is 0 Å². The van der Waals surface area contributed by atoms with Crippen LogP contribution < -0.4 is 10.6 Å². The van der Waals surface area contributed by atoms with Crippen molar-refractivity contribution in [2.75, 3.05) is 18.4 Å². The number of nitrogens with one attached hydrogen (secondary N) is 2. The Kier molecular flexibility index (Phi) is 3.50. The maximum absolute atomic E-state index is 13.3. The van der Waals surface area contributed by atoms with Crippen LogP contribution in [0.2, 0.25) is 0 Å². The minimum atomic E-state index is -0.649. The number of anilines is 1. The Morgan fingerprint density at radius 1 is 1.25 bits per heavy atom. The van der Waals surface area contributed by atoms with Gasteiger partial charge in [-0.05, 0) is 30.7 Å². The van der Waals surface area contributed by atoms with Gasteiger partial charge in [-0.1, -0.05) is 30.3 Å². The fourth-order valence-electron chi connectivity index (χ4n) is 3.15. The molecule has 4 rings (SSSR count). The number of fused-ring (bicyclic) bond motifs is 1. The molecule has 0 spiro atoms. The minimum absolute atomic E-state index is 0.157. The molecule has 1 fully saturated rings. The Bertz CT molecular complexity index is 886. The molecule has 0 bridgehead atoms. The van der Waals surface area contributed by atoms with Gasteiger partial charge in [0.15, 0.2) is 5.65 Å². The average molecular weight is 325 g/mol. The number of nitrogens with zero attached hydrogens (tertiary/aromatic N) is 3. The van der Waals surface area contributed by atoms with Crippen molar-refractivity contribution in [2.24, 2.45) is 0 Å². The third-order valence-corrected chi connectivity index (χ3v) is 4.44. The van der Waals surface area contributed by atoms with Gasteiger partial charge in [0.25, 0.3) is 0 Å². The standard InChI is InChI=1S/C17H16FN5O/c18-13-6-7-14-20-16(22-23(14)10-13)21-15(24)17(8-9-19-11-17)12-4-2-1-3-5-12/h1-7,10,19H,8-9,11H2,(H,21,22,24). The molecular formula is C17H16FN5O. The van der Waals surface area contributed by atoms with E-state index in [1.54, 1.807) is 0 Å². The average Bonchev–Trinajstić information content (AvgIpc) is 3.22. The first-order valence-electron chi connectivity index (χ1n) is 7.77. The van der Waals surface area contributed by atoms with Crippen LogP contribution in [-0.2, 0) is 10.2 Å². The predicted molar refractivity (Wildman–Crippen MR) is 87.2 cm³/mol. The van der Waals surface area contributed by atoms with Crippen LogP contribution in [0, 0.1) is 5.82 Å². The molecule has 2 N–H and O–H groups in total. The molecular weight excluding hydrogens is 309 g/mol. The van der Waals surface area contributed by atoms with Crippen molar-refractivity contribution in [1.29, 1.82) is 0 Å². The van der Waals surface area contributed by atoms with Gasteiger partial charge in [-0.2, -0.15) is 4.98 Å². The van der Waals surface area contributed by atoms with Crippen molar-refractivity contribution in [1.82, 2.24) is 19.9 Å². The van der Waals surface area contributed by atoms with E-state index in [0.29, 0.717) is 18.6 Å². The number of aromatic nitrogens is 3. The van der Waals surface area contributed by atoms with Crippen LogP contribution in [0.1, 0.15) is 12.0 Å². The van der Waals surface area contributed by atoms with Crippen LogP contribution in [-0.4, -0.2) is 33.6 Å². The molecule has 2 aromatic heterocycles. The molecule has 0 saturated carbocycles. The van der Waals surface area contributed by atoms with Gasteiger partial charge in [0, 0.05) is 6.54 Å². The smallest absolute Gasteiger partial charge is 0.249 e. The number of benzene rings is 1. The fourth-order valence-corrected chi connectivity index (χ4v) is 3.15. The van der Waals surface area contributed by atoms with Gasteiger partial charge in [-0.3, -0.25) is 10.1 Å². The molecule has 1 atom stereocenters. The van der Waals surface area contributed by atoms with Crippen molar-refractivity contribution >= 4 is 17.5 Å². The number of carbonyl (C=O) groups excluding carboxylic acids is 1. The lowest BCUT2D eigenvalue weighted by Gasteiger charge is -2.26. The molecule has 6 nitrogen and oxygen atoms in total. The van der Waals surface area contributed by atoms with Crippen molar-refractivity contribution in [3.8, 4) is 0 Å². The molecule has 0 radical (unpaired) electrons. The molecule has 1 saturated heterocycles. The number of rotatable bonds is 3. The van der Waals surface area contributed by atoms with Crippen molar-refractivity contribution < 1.29 is 9.18 Å². The van der Waals surface area contributed by atoms with Crippen molar-refractivity contribution in [2.45, 2.75) is 11.8 Å². The lowest BCUT2D eigenvalue weighted by atomic mass is 9.79. The molecule has 3 aromatic rings. The Morgan fingerprint density at radius 3 is 2.83 bits per heavy atom. The predicted octanol–water partition coefficient (Wildman–Crippen LogP) is 1.74. The van der Waals surface area contributed by atoms with E-state index < -0.39 is 11.2 Å². The summed E-state index contributed by atoms with van der Waals surface area (Å²) >= 11 is 0. The van der Waals surface area contributed by atoms with Crippen LogP contribution in [0.25, 0.3) is 5.65 Å². The zero-order valence-electron chi connectivity index (χ0n) is 12.9. The second-order valence-corrected chi connectivity index (χ2v) is 5.91. The molecule has 1 aliphatic heterocycles. The number of hydrogen-bond acceptors (Lipinski definition) is 4. The summed E-state index contributed by atoms with van der Waals surface area (Å²) in [4.78, 5) is 17.2. The zero-order valence-corrected chi connectivity index (χ0v) is 12.9. The number of hydrogen-bond donors (Lipinski definition) is 2. The van der Waals surface area contributed by atoms with Crippen LogP contribution in [0.3, 0.4) is 0 Å². The number of pyridine rings is 1. The van der Waals surface area contributed by atoms with Crippen LogP contribution in [0.15, 0.2) is 48.7 Å². The Labute approximate surface area is 137 Å². The molecule has 24 heavy (non-hydrogen) atoms. The summed E-state index contributed by atoms with van der Waals surface area (Å²) in [6.45, 7) is 1.33. The summed E-state index contributed by atoms with van der Waals surface area (Å²) in [6, 6.07) is 12.5. The quantitative estimate of drug-likeness (QED) is 0.769. The summed E-state index contributed by atoms with van der Waals surface area (Å²) < 4.78 is 14.6. The van der Waals surface area contributed by atoms with Gasteiger partial charge in [-0.25, -0.2) is 8.91 Å². The summed E-state index contributed by atoms with van der Waals surface area (Å²) in [6.07, 6.45) is 1.92. The number of halogens is 1. The molecule has 7 heteroatoms. The Morgan fingerprint density at radius 2 is 2.08 bits per heavy atom. The molecule has 0 aliphatic carbocycles. The third-order valence-electron chi connectivity index (χ3n) is 4.44. The summed E-state index contributed by atoms with van der Waals surface area (Å²) in [5.41, 5.74) is 0.789. The van der Waals surface area contributed by atoms with E-state index in [1.807, 2.05) is 30.3 Å². The Balaban J connectivity index is 1.65. The van der Waals surface area contributed by atoms with E-state index in [1.165, 1.54) is 22.8 Å². The largest absolute Gasteiger partial charge is 0.315 e. The second kappa shape index (κ2) is 5.68. The van der Waals surface area contributed by atoms with Gasteiger partial charge in [-0.15, -0.1) is 5.10 Å². The highest BCUT2D eigenvalue weighted by atomic mass is 19.1. The van der Waals surface area contributed by atoms with E-state index in [-0.39, 0.29) is 11.9 Å². The molecule has 1 aromatic carbocycles. The van der Waals surface area contributed by atoms with E-state index in [0.717, 1.165) is 12.1 Å². The highest BCUT2D eigenvalue weighted by Gasteiger charge is 2.43. The van der Waals surface area contributed by atoms with E-state index in [9.17, 15) is 9.18 Å². The second-order valence-electron chi connectivity index (χ2n) is 5.91. The summed E-state index contributed by atoms with van der Waals surface area (Å²) in [7, 11) is 0. The fraction of sp³-hybridized carbons (Fsp3) is 0.235. The Hall–Kier alpha value is -2.80. The van der Waals surface area contributed by atoms with Crippen molar-refractivity contribution in [3.63, 3.8) is 0 Å². The van der Waals surface area contributed by atoms with Gasteiger partial charge < -0.3 is 5.32 Å². The lowest BCUT2D eigenvalue weighted by Crippen LogP contribution is -2.42. The number of amides is 1. The van der Waals surface area contributed by atoms with Crippen LogP contribution in [0.5, 0.6) is 0 Å². The lowest BCUT2D eigenvalue weighted by molar-refractivity contribution is -0.121. The monoisotopic (exact) mass is 325 g/mol. The van der Waals surface area contributed by atoms with E-state index in [2.05, 4.69) is 20.7 Å². The first-order valence-corrected chi connectivity index (χ1v) is 7.77. The highest BCUT2D eigenvalue weighted by Crippen LogP contribution is 2.32. The molecule has 3 heterocycles. The zero-order chi connectivity index (χ0) is 16.6. The molecule has 1 aliphatic rings. The van der Waals surface area contributed by atoms with Crippen molar-refractivity contribution in [3.05, 3.63) is 60.0 Å².